The van der Waals surface area contributed by atoms with Crippen LogP contribution in [0.4, 0.5) is 0 Å². The quantitative estimate of drug-likeness (QED) is 0.298. The predicted octanol–water partition coefficient (Wildman–Crippen LogP) is 1.40. The third-order valence-corrected chi connectivity index (χ3v) is 0.551. The maximum atomic E-state index is 7.77. The lowest BCUT2D eigenvalue weighted by atomic mass is 10.5. The summed E-state index contributed by atoms with van der Waals surface area (Å²) in [6.45, 7) is 3.45. The van der Waals surface area contributed by atoms with E-state index < -0.39 is 0 Å². The van der Waals surface area contributed by atoms with Gasteiger partial charge in [0.05, 0.1) is 0 Å². The van der Waals surface area contributed by atoms with E-state index in [2.05, 4.69) is 4.89 Å². The Morgan fingerprint density at radius 2 is 2.33 bits per heavy atom. The van der Waals surface area contributed by atoms with E-state index >= 15 is 0 Å². The molecule has 0 unspecified atom stereocenters. The molecular weight excluding hydrogens is 80.0 g/mol. The summed E-state index contributed by atoms with van der Waals surface area (Å²) >= 11 is 0. The molecular formula is C4H8O2. The van der Waals surface area contributed by atoms with Gasteiger partial charge in [-0.2, -0.15) is 0 Å². The standard InChI is InChI=1S/C4H8O2/c1-3-4(2)6-5/h3,5H,1-2H3. The van der Waals surface area contributed by atoms with Gasteiger partial charge < -0.3 is 4.89 Å². The topological polar surface area (TPSA) is 29.5 Å². The Morgan fingerprint density at radius 1 is 1.83 bits per heavy atom. The van der Waals surface area contributed by atoms with E-state index in [-0.39, 0.29) is 0 Å². The lowest BCUT2D eigenvalue weighted by molar-refractivity contribution is -0.202. The van der Waals surface area contributed by atoms with Gasteiger partial charge in [-0.15, -0.1) is 0 Å². The van der Waals surface area contributed by atoms with Gasteiger partial charge in [0.2, 0.25) is 0 Å². The van der Waals surface area contributed by atoms with E-state index in [0.717, 1.165) is 0 Å². The van der Waals surface area contributed by atoms with Crippen LogP contribution < -0.4 is 0 Å². The second-order valence-electron chi connectivity index (χ2n) is 0.991. The Bertz CT molecular complexity index is 56.6. The minimum Gasteiger partial charge on any atom is -0.345 e. The molecule has 0 amide bonds. The Balaban J connectivity index is 3.22. The van der Waals surface area contributed by atoms with Crippen LogP contribution in [0.1, 0.15) is 13.8 Å². The van der Waals surface area contributed by atoms with Crippen LogP contribution >= 0.6 is 0 Å². The molecule has 0 aliphatic carbocycles. The highest BCUT2D eigenvalue weighted by Crippen LogP contribution is 1.87. The minimum atomic E-state index is 0.523. The van der Waals surface area contributed by atoms with Crippen molar-refractivity contribution in [3.63, 3.8) is 0 Å². The van der Waals surface area contributed by atoms with Gasteiger partial charge in [0.1, 0.15) is 5.76 Å². The second kappa shape index (κ2) is 2.72. The van der Waals surface area contributed by atoms with E-state index in [4.69, 9.17) is 5.26 Å². The number of hydrogen-bond donors (Lipinski definition) is 1. The highest BCUT2D eigenvalue weighted by Gasteiger charge is 1.75. The molecule has 2 nitrogen and oxygen atoms in total. The highest BCUT2D eigenvalue weighted by molar-refractivity contribution is 4.81. The summed E-state index contributed by atoms with van der Waals surface area (Å²) in [5.41, 5.74) is 0. The smallest absolute Gasteiger partial charge is 0.134 e. The molecule has 0 spiro atoms. The van der Waals surface area contributed by atoms with Crippen molar-refractivity contribution in [2.75, 3.05) is 0 Å². The third kappa shape index (κ3) is 1.79. The van der Waals surface area contributed by atoms with Crippen LogP contribution in [0.5, 0.6) is 0 Å². The summed E-state index contributed by atoms with van der Waals surface area (Å²) in [7, 11) is 0. The molecule has 0 aromatic heterocycles. The molecule has 2 heteroatoms. The van der Waals surface area contributed by atoms with Crippen molar-refractivity contribution in [3.8, 4) is 0 Å². The Labute approximate surface area is 37.0 Å². The maximum Gasteiger partial charge on any atom is 0.134 e. The molecule has 1 N–H and O–H groups in total. The van der Waals surface area contributed by atoms with Crippen molar-refractivity contribution in [2.45, 2.75) is 13.8 Å². The summed E-state index contributed by atoms with van der Waals surface area (Å²) < 4.78 is 0. The van der Waals surface area contributed by atoms with Gasteiger partial charge in [0.25, 0.3) is 0 Å². The summed E-state index contributed by atoms with van der Waals surface area (Å²) in [5, 5.41) is 7.77. The molecule has 0 saturated carbocycles. The van der Waals surface area contributed by atoms with Gasteiger partial charge in [-0.05, 0) is 19.9 Å². The Morgan fingerprint density at radius 3 is 2.33 bits per heavy atom. The van der Waals surface area contributed by atoms with Crippen LogP contribution in [0.15, 0.2) is 11.8 Å². The van der Waals surface area contributed by atoms with Gasteiger partial charge in [-0.3, -0.25) is 0 Å². The van der Waals surface area contributed by atoms with Crippen molar-refractivity contribution >= 4 is 0 Å². The van der Waals surface area contributed by atoms with E-state index in [9.17, 15) is 0 Å². The van der Waals surface area contributed by atoms with E-state index in [1.807, 2.05) is 0 Å². The molecule has 0 rings (SSSR count). The zero-order valence-corrected chi connectivity index (χ0v) is 3.93. The SMILES string of the molecule is CC=C(C)OO. The van der Waals surface area contributed by atoms with Crippen LogP contribution in [-0.4, -0.2) is 5.26 Å². The van der Waals surface area contributed by atoms with Gasteiger partial charge in [-0.25, -0.2) is 5.26 Å². The summed E-state index contributed by atoms with van der Waals surface area (Å²) in [6, 6.07) is 0. The average molecular weight is 88.1 g/mol. The minimum absolute atomic E-state index is 0.523. The molecule has 0 saturated heterocycles. The van der Waals surface area contributed by atoms with Crippen LogP contribution in [-0.2, 0) is 4.89 Å². The first-order valence-corrected chi connectivity index (χ1v) is 1.75. The Kier molecular flexibility index (Phi) is 2.50. The number of allylic oxidation sites excluding steroid dienone is 2. The van der Waals surface area contributed by atoms with E-state index in [0.29, 0.717) is 5.76 Å². The van der Waals surface area contributed by atoms with Crippen molar-refractivity contribution in [2.24, 2.45) is 0 Å². The van der Waals surface area contributed by atoms with Gasteiger partial charge in [0.15, 0.2) is 0 Å². The van der Waals surface area contributed by atoms with Crippen LogP contribution in [0.3, 0.4) is 0 Å². The molecule has 0 bridgehead atoms. The number of hydrogen-bond acceptors (Lipinski definition) is 2. The van der Waals surface area contributed by atoms with E-state index in [1.165, 1.54) is 0 Å². The third-order valence-electron chi connectivity index (χ3n) is 0.551. The summed E-state index contributed by atoms with van der Waals surface area (Å²) in [6.07, 6.45) is 1.67. The zero-order chi connectivity index (χ0) is 4.99. The van der Waals surface area contributed by atoms with E-state index in [1.54, 1.807) is 19.9 Å². The van der Waals surface area contributed by atoms with Crippen molar-refractivity contribution in [1.82, 2.24) is 0 Å². The molecule has 0 heterocycles. The zero-order valence-electron chi connectivity index (χ0n) is 3.93. The first kappa shape index (κ1) is 5.50. The van der Waals surface area contributed by atoms with Crippen LogP contribution in [0, 0.1) is 0 Å². The van der Waals surface area contributed by atoms with Crippen LogP contribution in [0.2, 0.25) is 0 Å². The molecule has 36 valence electrons. The summed E-state index contributed by atoms with van der Waals surface area (Å²) in [4.78, 5) is 3.76. The fourth-order valence-electron chi connectivity index (χ4n) is 0.0527. The maximum absolute atomic E-state index is 7.77. The average Bonchev–Trinajstić information content (AvgIpc) is 1.65. The lowest BCUT2D eigenvalue weighted by Gasteiger charge is -1.87. The van der Waals surface area contributed by atoms with Gasteiger partial charge in [-0.1, -0.05) is 0 Å². The normalized spacial score (nSPS) is 11.5. The largest absolute Gasteiger partial charge is 0.345 e. The van der Waals surface area contributed by atoms with Gasteiger partial charge >= 0.3 is 0 Å². The number of rotatable bonds is 1. The van der Waals surface area contributed by atoms with Crippen molar-refractivity contribution in [1.29, 1.82) is 0 Å². The fraction of sp³-hybridized carbons (Fsp3) is 0.500. The highest BCUT2D eigenvalue weighted by atomic mass is 17.1. The monoisotopic (exact) mass is 88.1 g/mol. The molecule has 0 aromatic rings. The first-order chi connectivity index (χ1) is 2.81. The molecule has 0 aliphatic heterocycles. The lowest BCUT2D eigenvalue weighted by Crippen LogP contribution is -1.75. The molecule has 0 atom stereocenters. The molecule has 0 aliphatic rings. The Hall–Kier alpha value is -0.500. The molecule has 6 heavy (non-hydrogen) atoms. The van der Waals surface area contributed by atoms with Gasteiger partial charge in [0, 0.05) is 0 Å². The second-order valence-corrected chi connectivity index (χ2v) is 0.991. The predicted molar refractivity (Wildman–Crippen MR) is 23.1 cm³/mol. The van der Waals surface area contributed by atoms with Crippen molar-refractivity contribution < 1.29 is 10.1 Å². The summed E-state index contributed by atoms with van der Waals surface area (Å²) in [5.74, 6) is 0.523. The molecule has 0 fully saturated rings. The molecule has 0 radical (unpaired) electrons. The fourth-order valence-corrected chi connectivity index (χ4v) is 0.0527. The molecule has 0 aromatic carbocycles. The van der Waals surface area contributed by atoms with Crippen LogP contribution in [0.25, 0.3) is 0 Å². The van der Waals surface area contributed by atoms with Crippen molar-refractivity contribution in [3.05, 3.63) is 11.8 Å². The first-order valence-electron chi connectivity index (χ1n) is 1.75.